The van der Waals surface area contributed by atoms with E-state index in [1.165, 1.54) is 18.9 Å². The second kappa shape index (κ2) is 21.8. The Morgan fingerprint density at radius 2 is 1.55 bits per heavy atom. The second-order valence-electron chi connectivity index (χ2n) is 15.8. The Kier molecular flexibility index (Phi) is 16.9. The van der Waals surface area contributed by atoms with Crippen LogP contribution in [0.3, 0.4) is 0 Å². The average Bonchev–Trinajstić information content (AvgIpc) is 3.22. The van der Waals surface area contributed by atoms with Crippen LogP contribution in [-0.2, 0) is 25.6 Å². The SMILES string of the molecule is Cc1nc(C#CC(C)(C)C)nc(C)c1C(=O)N[C@@H](CCN)C(=O)N(C)[C@@H]1C(=O)N[C@@H](C)C(=O)N[C@H](C(=O)NCC#N)Cc2ccc(OCCN)c(c2)-c2cc1ccc2OCCN. The molecule has 4 bridgehead atoms. The molecule has 0 saturated heterocycles. The highest BCUT2D eigenvalue weighted by molar-refractivity contribution is 6.00. The summed E-state index contributed by atoms with van der Waals surface area (Å²) in [7, 11) is 1.41. The number of rotatable bonds is 14. The summed E-state index contributed by atoms with van der Waals surface area (Å²) in [5, 5.41) is 19.8. The molecule has 330 valence electrons. The molecule has 0 radical (unpaired) electrons. The average molecular weight is 852 g/mol. The minimum absolute atomic E-state index is 0.00124. The summed E-state index contributed by atoms with van der Waals surface area (Å²) in [6, 6.07) is 6.99. The molecule has 4 atom stereocenters. The van der Waals surface area contributed by atoms with Crippen LogP contribution in [0.5, 0.6) is 11.5 Å². The van der Waals surface area contributed by atoms with Gasteiger partial charge in [0.15, 0.2) is 0 Å². The molecule has 1 aliphatic rings. The second-order valence-corrected chi connectivity index (χ2v) is 15.8. The van der Waals surface area contributed by atoms with Gasteiger partial charge in [0.1, 0.15) is 55.4 Å². The predicted octanol–water partition coefficient (Wildman–Crippen LogP) is 0.665. The van der Waals surface area contributed by atoms with Crippen molar-refractivity contribution >= 4 is 29.5 Å². The van der Waals surface area contributed by atoms with Gasteiger partial charge in [0, 0.05) is 43.1 Å². The van der Waals surface area contributed by atoms with Crippen molar-refractivity contribution in [2.75, 3.05) is 46.4 Å². The molecule has 18 heteroatoms. The lowest BCUT2D eigenvalue weighted by molar-refractivity contribution is -0.141. The van der Waals surface area contributed by atoms with Gasteiger partial charge in [-0.1, -0.05) is 18.1 Å². The number of nitriles is 1. The molecule has 0 spiro atoms. The lowest BCUT2D eigenvalue weighted by atomic mass is 9.93. The molecule has 18 nitrogen and oxygen atoms in total. The molecule has 2 heterocycles. The number of nitrogens with two attached hydrogens (primary N) is 3. The first-order chi connectivity index (χ1) is 29.4. The van der Waals surface area contributed by atoms with Crippen molar-refractivity contribution in [3.8, 4) is 40.5 Å². The van der Waals surface area contributed by atoms with Crippen molar-refractivity contribution in [3.63, 3.8) is 0 Å². The number of hydrogen-bond acceptors (Lipinski definition) is 13. The molecular formula is C44H57N11O7. The van der Waals surface area contributed by atoms with E-state index in [1.807, 2.05) is 26.8 Å². The Balaban J connectivity index is 1.86. The Hall–Kier alpha value is -6.60. The molecule has 5 amide bonds. The number of nitrogens with one attached hydrogen (secondary N) is 4. The third kappa shape index (κ3) is 12.5. The molecule has 1 aromatic heterocycles. The standard InChI is InChI=1S/C44H57N11O7/c1-25-37(26(2)51-36(50-25)12-14-44(4,5)6)41(58)53-32(13-15-45)43(60)55(7)38-29-9-11-35(62-21-18-48)31(24-29)30-22-28(8-10-34(30)61-20-17-47)23-33(40(57)49-19-16-46)54-39(56)27(3)52-42(38)59/h8-11,22,24,27,32-33,38H,13,15,17-21,23,45,47-48H2,1-7H3,(H,49,57)(H,52,59)(H,53,58)(H,54,56)/t27-,32-,33-,38-/m0/s1. The van der Waals surface area contributed by atoms with Crippen molar-refractivity contribution in [1.29, 1.82) is 5.26 Å². The van der Waals surface area contributed by atoms with Crippen molar-refractivity contribution < 1.29 is 33.4 Å². The van der Waals surface area contributed by atoms with Crippen molar-refractivity contribution in [2.45, 2.75) is 78.6 Å². The fraction of sp³-hybridized carbons (Fsp3) is 0.455. The van der Waals surface area contributed by atoms with E-state index in [0.717, 1.165) is 0 Å². The lowest BCUT2D eigenvalue weighted by Crippen LogP contribution is -2.56. The number of nitrogens with zero attached hydrogens (tertiary/aromatic N) is 4. The van der Waals surface area contributed by atoms with Crippen LogP contribution < -0.4 is 47.9 Å². The van der Waals surface area contributed by atoms with Gasteiger partial charge in [-0.15, -0.1) is 0 Å². The largest absolute Gasteiger partial charge is 0.492 e. The van der Waals surface area contributed by atoms with Crippen LogP contribution in [0, 0.1) is 42.4 Å². The maximum Gasteiger partial charge on any atom is 0.255 e. The first-order valence-corrected chi connectivity index (χ1v) is 20.3. The fourth-order valence-corrected chi connectivity index (χ4v) is 6.70. The highest BCUT2D eigenvalue weighted by Crippen LogP contribution is 2.40. The number of amides is 5. The van der Waals surface area contributed by atoms with Gasteiger partial charge in [0.25, 0.3) is 5.91 Å². The summed E-state index contributed by atoms with van der Waals surface area (Å²) in [4.78, 5) is 80.0. The summed E-state index contributed by atoms with van der Waals surface area (Å²) >= 11 is 0. The lowest BCUT2D eigenvalue weighted by Gasteiger charge is -2.32. The quantitative estimate of drug-likeness (QED) is 0.0869. The molecule has 0 unspecified atom stereocenters. The van der Waals surface area contributed by atoms with E-state index in [9.17, 15) is 24.0 Å². The van der Waals surface area contributed by atoms with Crippen LogP contribution in [0.4, 0.5) is 0 Å². The maximum absolute atomic E-state index is 14.6. The monoisotopic (exact) mass is 851 g/mol. The minimum Gasteiger partial charge on any atom is -0.492 e. The topological polar surface area (TPSA) is 283 Å². The van der Waals surface area contributed by atoms with Gasteiger partial charge < -0.3 is 52.8 Å². The molecule has 3 aromatic rings. The highest BCUT2D eigenvalue weighted by atomic mass is 16.5. The fourth-order valence-electron chi connectivity index (χ4n) is 6.70. The number of carbonyl (C=O) groups excluding carboxylic acids is 5. The third-order valence-corrected chi connectivity index (χ3v) is 9.66. The van der Waals surface area contributed by atoms with Crippen LogP contribution >= 0.6 is 0 Å². The van der Waals surface area contributed by atoms with E-state index in [4.69, 9.17) is 31.9 Å². The first-order valence-electron chi connectivity index (χ1n) is 20.3. The minimum atomic E-state index is -1.40. The summed E-state index contributed by atoms with van der Waals surface area (Å²) in [6.45, 7) is 11.0. The Bertz CT molecular complexity index is 2230. The number of carbonyl (C=O) groups is 5. The van der Waals surface area contributed by atoms with Gasteiger partial charge in [-0.3, -0.25) is 24.0 Å². The van der Waals surface area contributed by atoms with E-state index in [1.54, 1.807) is 50.2 Å². The van der Waals surface area contributed by atoms with Crippen LogP contribution in [-0.4, -0.2) is 109 Å². The van der Waals surface area contributed by atoms with E-state index < -0.39 is 53.7 Å². The van der Waals surface area contributed by atoms with E-state index >= 15 is 0 Å². The molecule has 2 aromatic carbocycles. The zero-order valence-corrected chi connectivity index (χ0v) is 36.3. The Morgan fingerprint density at radius 3 is 2.13 bits per heavy atom. The molecule has 1 aliphatic heterocycles. The van der Waals surface area contributed by atoms with Crippen molar-refractivity contribution in [3.05, 3.63) is 70.3 Å². The first kappa shape index (κ1) is 48.1. The summed E-state index contributed by atoms with van der Waals surface area (Å²) in [6.07, 6.45) is -0.00158. The molecular weight excluding hydrogens is 795 g/mol. The smallest absolute Gasteiger partial charge is 0.255 e. The Labute approximate surface area is 362 Å². The number of hydrogen-bond donors (Lipinski definition) is 7. The van der Waals surface area contributed by atoms with Gasteiger partial charge in [-0.2, -0.15) is 5.26 Å². The number of aromatic nitrogens is 2. The summed E-state index contributed by atoms with van der Waals surface area (Å²) in [5.41, 5.74) is 20.0. The van der Waals surface area contributed by atoms with Crippen LogP contribution in [0.25, 0.3) is 11.1 Å². The molecule has 0 saturated carbocycles. The zero-order chi connectivity index (χ0) is 45.7. The van der Waals surface area contributed by atoms with Crippen molar-refractivity contribution in [1.82, 2.24) is 36.1 Å². The van der Waals surface area contributed by atoms with Crippen LogP contribution in [0.1, 0.15) is 78.9 Å². The predicted molar refractivity (Wildman–Crippen MR) is 231 cm³/mol. The zero-order valence-electron chi connectivity index (χ0n) is 36.3. The van der Waals surface area contributed by atoms with E-state index in [0.29, 0.717) is 45.1 Å². The van der Waals surface area contributed by atoms with E-state index in [-0.39, 0.29) is 69.0 Å². The molecule has 0 fully saturated rings. The molecule has 10 N–H and O–H groups in total. The van der Waals surface area contributed by atoms with Gasteiger partial charge in [0.05, 0.1) is 23.0 Å². The molecule has 4 rings (SSSR count). The number of likely N-dealkylation sites (N-methyl/N-ethyl adjacent to an activating group) is 1. The number of fused-ring (bicyclic) bond motifs is 5. The van der Waals surface area contributed by atoms with E-state index in [2.05, 4.69) is 43.1 Å². The van der Waals surface area contributed by atoms with Crippen molar-refractivity contribution in [2.24, 2.45) is 22.6 Å². The third-order valence-electron chi connectivity index (χ3n) is 9.66. The van der Waals surface area contributed by atoms with Gasteiger partial charge >= 0.3 is 0 Å². The summed E-state index contributed by atoms with van der Waals surface area (Å²) < 4.78 is 12.2. The number of aryl methyl sites for hydroxylation is 2. The Morgan fingerprint density at radius 1 is 0.935 bits per heavy atom. The number of ether oxygens (including phenoxy) is 2. The van der Waals surface area contributed by atoms with Crippen LogP contribution in [0.15, 0.2) is 36.4 Å². The van der Waals surface area contributed by atoms with Crippen LogP contribution in [0.2, 0.25) is 0 Å². The highest BCUT2D eigenvalue weighted by Gasteiger charge is 2.36. The van der Waals surface area contributed by atoms with Gasteiger partial charge in [-0.25, -0.2) is 9.97 Å². The summed E-state index contributed by atoms with van der Waals surface area (Å²) in [5.74, 6) is 3.67. The van der Waals surface area contributed by atoms with Gasteiger partial charge in [0.2, 0.25) is 29.5 Å². The molecule has 0 aliphatic carbocycles. The maximum atomic E-state index is 14.6. The number of benzene rings is 2. The normalized spacial score (nSPS) is 16.8. The van der Waals surface area contributed by atoms with Gasteiger partial charge in [-0.05, 0) is 95.8 Å². The molecule has 62 heavy (non-hydrogen) atoms.